The summed E-state index contributed by atoms with van der Waals surface area (Å²) < 4.78 is 28.4. The van der Waals surface area contributed by atoms with Gasteiger partial charge < -0.3 is 23.3 Å². The van der Waals surface area contributed by atoms with Gasteiger partial charge in [0.2, 0.25) is 0 Å². The number of halogens is 2. The molecule has 7 nitrogen and oxygen atoms in total. The lowest BCUT2D eigenvalue weighted by molar-refractivity contribution is 0.0727. The highest BCUT2D eigenvalue weighted by Gasteiger charge is 2.14. The Kier molecular flexibility index (Phi) is 9.04. The molecular formula is C34H26Cl2N2O5. The van der Waals surface area contributed by atoms with Crippen molar-refractivity contribution in [2.75, 3.05) is 0 Å². The van der Waals surface area contributed by atoms with E-state index in [9.17, 15) is 0 Å². The van der Waals surface area contributed by atoms with Crippen LogP contribution in [-0.4, -0.2) is 10.3 Å². The zero-order chi connectivity index (χ0) is 29.4. The van der Waals surface area contributed by atoms with Gasteiger partial charge in [-0.1, -0.05) is 94.2 Å². The Labute approximate surface area is 258 Å². The fourth-order valence-corrected chi connectivity index (χ4v) is 4.87. The van der Waals surface area contributed by atoms with Crippen molar-refractivity contribution in [1.29, 1.82) is 0 Å². The summed E-state index contributed by atoms with van der Waals surface area (Å²) in [5.74, 6) is 2.43. The molecule has 4 aromatic carbocycles. The third kappa shape index (κ3) is 7.45. The van der Waals surface area contributed by atoms with Crippen LogP contribution in [0.3, 0.4) is 0 Å². The second kappa shape index (κ2) is 13.6. The lowest BCUT2D eigenvalue weighted by Gasteiger charge is -2.08. The van der Waals surface area contributed by atoms with E-state index in [-0.39, 0.29) is 13.2 Å². The van der Waals surface area contributed by atoms with Crippen molar-refractivity contribution in [2.24, 2.45) is 0 Å². The molecule has 6 rings (SSSR count). The monoisotopic (exact) mass is 612 g/mol. The minimum atomic E-state index is 0.188. The molecule has 0 aliphatic carbocycles. The summed E-state index contributed by atoms with van der Waals surface area (Å²) in [6.07, 6.45) is 0. The maximum atomic E-state index is 6.52. The Morgan fingerprint density at radius 3 is 1.37 bits per heavy atom. The molecule has 0 amide bonds. The average molecular weight is 613 g/mol. The maximum Gasteiger partial charge on any atom is 0.163 e. The lowest BCUT2D eigenvalue weighted by Crippen LogP contribution is -1.95. The molecule has 2 heterocycles. The first-order valence-corrected chi connectivity index (χ1v) is 14.3. The normalized spacial score (nSPS) is 11.0. The molecule has 0 spiro atoms. The molecule has 0 saturated heterocycles. The van der Waals surface area contributed by atoms with E-state index in [1.54, 1.807) is 24.3 Å². The fraction of sp³-hybridized carbons (Fsp3) is 0.118. The van der Waals surface area contributed by atoms with Gasteiger partial charge in [-0.05, 0) is 47.5 Å². The van der Waals surface area contributed by atoms with E-state index in [1.807, 2.05) is 84.9 Å². The Morgan fingerprint density at radius 2 is 0.953 bits per heavy atom. The molecule has 0 aliphatic rings. The van der Waals surface area contributed by atoms with Gasteiger partial charge in [0.05, 0.1) is 10.0 Å². The topological polar surface area (TPSA) is 79.8 Å². The summed E-state index contributed by atoms with van der Waals surface area (Å²) >= 11 is 13.0. The van der Waals surface area contributed by atoms with Crippen LogP contribution in [0.15, 0.2) is 118 Å². The highest BCUT2D eigenvalue weighted by atomic mass is 35.5. The van der Waals surface area contributed by atoms with Gasteiger partial charge in [0.1, 0.15) is 49.3 Å². The standard InChI is InChI=1S/C34H26Cl2N2O5/c35-31-15-25(40-19-23-7-3-1-4-8-23)11-13-29(31)33-17-27(42-37-33)21-39-22-28-18-34(38-43-28)30-14-12-26(16-32(30)36)41-20-24-9-5-2-6-10-24/h1-18H,19-22H2. The van der Waals surface area contributed by atoms with Crippen molar-refractivity contribution >= 4 is 23.2 Å². The zero-order valence-electron chi connectivity index (χ0n) is 22.9. The van der Waals surface area contributed by atoms with Crippen molar-refractivity contribution in [3.63, 3.8) is 0 Å². The molecule has 0 N–H and O–H groups in total. The highest BCUT2D eigenvalue weighted by Crippen LogP contribution is 2.33. The van der Waals surface area contributed by atoms with E-state index in [4.69, 9.17) is 46.5 Å². The number of benzene rings is 4. The van der Waals surface area contributed by atoms with E-state index in [2.05, 4.69) is 10.3 Å². The maximum absolute atomic E-state index is 6.52. The number of nitrogens with zero attached hydrogens (tertiary/aromatic N) is 2. The number of aromatic nitrogens is 2. The van der Waals surface area contributed by atoms with Crippen molar-refractivity contribution in [2.45, 2.75) is 26.4 Å². The average Bonchev–Trinajstić information content (AvgIpc) is 3.70. The van der Waals surface area contributed by atoms with Gasteiger partial charge in [0.15, 0.2) is 11.5 Å². The van der Waals surface area contributed by atoms with Gasteiger partial charge >= 0.3 is 0 Å². The van der Waals surface area contributed by atoms with Crippen LogP contribution in [-0.2, 0) is 31.2 Å². The van der Waals surface area contributed by atoms with Crippen molar-refractivity contribution in [3.05, 3.63) is 142 Å². The highest BCUT2D eigenvalue weighted by molar-refractivity contribution is 6.33. The van der Waals surface area contributed by atoms with E-state index < -0.39 is 0 Å². The first kappa shape index (κ1) is 28.6. The van der Waals surface area contributed by atoms with Crippen molar-refractivity contribution in [3.8, 4) is 34.0 Å². The predicted octanol–water partition coefficient (Wildman–Crippen LogP) is 9.18. The Balaban J connectivity index is 1.00. The molecule has 0 unspecified atom stereocenters. The minimum absolute atomic E-state index is 0.188. The lowest BCUT2D eigenvalue weighted by atomic mass is 10.1. The summed E-state index contributed by atoms with van der Waals surface area (Å²) in [5.41, 5.74) is 4.83. The van der Waals surface area contributed by atoms with Crippen LogP contribution < -0.4 is 9.47 Å². The van der Waals surface area contributed by atoms with Crippen LogP contribution in [0.1, 0.15) is 22.6 Å². The van der Waals surface area contributed by atoms with E-state index in [0.717, 1.165) is 22.3 Å². The van der Waals surface area contributed by atoms with E-state index in [0.29, 0.717) is 57.7 Å². The first-order chi connectivity index (χ1) is 21.1. The molecular weight excluding hydrogens is 587 g/mol. The second-order valence-electron chi connectivity index (χ2n) is 9.68. The third-order valence-electron chi connectivity index (χ3n) is 6.54. The Morgan fingerprint density at radius 1 is 0.512 bits per heavy atom. The molecule has 0 saturated carbocycles. The van der Waals surface area contributed by atoms with E-state index >= 15 is 0 Å². The van der Waals surface area contributed by atoms with Gasteiger partial charge in [0, 0.05) is 23.3 Å². The number of hydrogen-bond donors (Lipinski definition) is 0. The molecule has 9 heteroatoms. The molecule has 2 aromatic heterocycles. The van der Waals surface area contributed by atoms with Gasteiger partial charge in [-0.15, -0.1) is 0 Å². The van der Waals surface area contributed by atoms with Crippen LogP contribution in [0, 0.1) is 0 Å². The van der Waals surface area contributed by atoms with Gasteiger partial charge in [-0.2, -0.15) is 0 Å². The minimum Gasteiger partial charge on any atom is -0.489 e. The molecule has 6 aromatic rings. The summed E-state index contributed by atoms with van der Waals surface area (Å²) in [5, 5.41) is 9.31. The third-order valence-corrected chi connectivity index (χ3v) is 7.16. The van der Waals surface area contributed by atoms with Crippen molar-refractivity contribution < 1.29 is 23.3 Å². The summed E-state index contributed by atoms with van der Waals surface area (Å²) in [4.78, 5) is 0. The molecule has 0 atom stereocenters. The molecule has 43 heavy (non-hydrogen) atoms. The smallest absolute Gasteiger partial charge is 0.163 e. The summed E-state index contributed by atoms with van der Waals surface area (Å²) in [6, 6.07) is 34.4. The summed E-state index contributed by atoms with van der Waals surface area (Å²) in [6.45, 7) is 1.29. The summed E-state index contributed by atoms with van der Waals surface area (Å²) in [7, 11) is 0. The number of ether oxygens (including phenoxy) is 3. The Hall–Kier alpha value is -4.56. The predicted molar refractivity (Wildman–Crippen MR) is 164 cm³/mol. The second-order valence-corrected chi connectivity index (χ2v) is 10.5. The molecule has 0 aliphatic heterocycles. The van der Waals surface area contributed by atoms with Gasteiger partial charge in [0.25, 0.3) is 0 Å². The fourth-order valence-electron chi connectivity index (χ4n) is 4.34. The van der Waals surface area contributed by atoms with Crippen LogP contribution in [0.4, 0.5) is 0 Å². The number of rotatable bonds is 12. The SMILES string of the molecule is Clc1cc(OCc2ccccc2)ccc1-c1cc(COCc2cc(-c3ccc(OCc4ccccc4)cc3Cl)no2)on1. The largest absolute Gasteiger partial charge is 0.489 e. The first-order valence-electron chi connectivity index (χ1n) is 13.5. The van der Waals surface area contributed by atoms with Crippen LogP contribution in [0.25, 0.3) is 22.5 Å². The molecule has 0 bridgehead atoms. The van der Waals surface area contributed by atoms with Crippen LogP contribution >= 0.6 is 23.2 Å². The van der Waals surface area contributed by atoms with E-state index in [1.165, 1.54) is 0 Å². The van der Waals surface area contributed by atoms with Gasteiger partial charge in [-0.3, -0.25) is 0 Å². The zero-order valence-corrected chi connectivity index (χ0v) is 24.4. The molecule has 216 valence electrons. The van der Waals surface area contributed by atoms with Crippen LogP contribution in [0.5, 0.6) is 11.5 Å². The van der Waals surface area contributed by atoms with Gasteiger partial charge in [-0.25, -0.2) is 0 Å². The molecule has 0 fully saturated rings. The quantitative estimate of drug-likeness (QED) is 0.136. The van der Waals surface area contributed by atoms with Crippen molar-refractivity contribution in [1.82, 2.24) is 10.3 Å². The van der Waals surface area contributed by atoms with Crippen LogP contribution in [0.2, 0.25) is 10.0 Å². The number of hydrogen-bond acceptors (Lipinski definition) is 7. The molecule has 0 radical (unpaired) electrons. The Bertz CT molecular complexity index is 1660.